The average Bonchev–Trinajstić information content (AvgIpc) is 3.06. The average molecular weight is 345 g/mol. The minimum atomic E-state index is -0.247. The number of hydrogen-bond acceptors (Lipinski definition) is 5. The van der Waals surface area contributed by atoms with Crippen molar-refractivity contribution in [3.05, 3.63) is 0 Å². The SMILES string of the molecule is CNC(=O)NCCOCCNC(=O)CC1SC[C@@H]2NC(=O)N[C@H]12. The fourth-order valence-electron chi connectivity index (χ4n) is 2.51. The van der Waals surface area contributed by atoms with Gasteiger partial charge in [-0.25, -0.2) is 9.59 Å². The Labute approximate surface area is 139 Å². The zero-order chi connectivity index (χ0) is 16.7. The summed E-state index contributed by atoms with van der Waals surface area (Å²) in [5.41, 5.74) is 0. The van der Waals surface area contributed by atoms with E-state index in [1.165, 1.54) is 0 Å². The molecule has 2 fully saturated rings. The van der Waals surface area contributed by atoms with Crippen molar-refractivity contribution in [3.8, 4) is 0 Å². The van der Waals surface area contributed by atoms with Gasteiger partial charge in [0.25, 0.3) is 0 Å². The maximum Gasteiger partial charge on any atom is 0.315 e. The largest absolute Gasteiger partial charge is 0.378 e. The van der Waals surface area contributed by atoms with Gasteiger partial charge in [0.1, 0.15) is 0 Å². The van der Waals surface area contributed by atoms with Gasteiger partial charge in [-0.15, -0.1) is 0 Å². The van der Waals surface area contributed by atoms with Crippen molar-refractivity contribution in [1.82, 2.24) is 26.6 Å². The molecule has 1 unspecified atom stereocenters. The van der Waals surface area contributed by atoms with E-state index in [4.69, 9.17) is 4.74 Å². The van der Waals surface area contributed by atoms with Crippen molar-refractivity contribution < 1.29 is 19.1 Å². The van der Waals surface area contributed by atoms with Crippen LogP contribution in [0.5, 0.6) is 0 Å². The van der Waals surface area contributed by atoms with E-state index in [-0.39, 0.29) is 35.3 Å². The van der Waals surface area contributed by atoms with E-state index in [0.717, 1.165) is 5.75 Å². The second kappa shape index (κ2) is 8.82. The molecular formula is C13H23N5O4S. The first-order valence-electron chi connectivity index (χ1n) is 7.59. The third kappa shape index (κ3) is 5.47. The van der Waals surface area contributed by atoms with Gasteiger partial charge in [-0.3, -0.25) is 4.79 Å². The van der Waals surface area contributed by atoms with Gasteiger partial charge in [0.05, 0.1) is 25.3 Å². The Hall–Kier alpha value is -1.68. The van der Waals surface area contributed by atoms with Gasteiger partial charge in [-0.1, -0.05) is 0 Å². The molecule has 0 aromatic carbocycles. The Morgan fingerprint density at radius 2 is 2.00 bits per heavy atom. The molecule has 0 saturated carbocycles. The summed E-state index contributed by atoms with van der Waals surface area (Å²) in [6.07, 6.45) is 0.381. The van der Waals surface area contributed by atoms with Gasteiger partial charge in [0.2, 0.25) is 5.91 Å². The molecule has 9 nitrogen and oxygen atoms in total. The third-order valence-electron chi connectivity index (χ3n) is 3.65. The fraction of sp³-hybridized carbons (Fsp3) is 0.769. The molecule has 0 radical (unpaired) electrons. The van der Waals surface area contributed by atoms with Crippen LogP contribution in [0.1, 0.15) is 6.42 Å². The summed E-state index contributed by atoms with van der Waals surface area (Å²) in [6, 6.07) is -0.237. The van der Waals surface area contributed by atoms with Crippen molar-refractivity contribution >= 4 is 29.7 Å². The third-order valence-corrected chi connectivity index (χ3v) is 5.09. The van der Waals surface area contributed by atoms with Crippen LogP contribution in [0.4, 0.5) is 9.59 Å². The van der Waals surface area contributed by atoms with E-state index in [0.29, 0.717) is 32.7 Å². The van der Waals surface area contributed by atoms with Gasteiger partial charge in [0.15, 0.2) is 0 Å². The topological polar surface area (TPSA) is 121 Å². The van der Waals surface area contributed by atoms with E-state index in [1.807, 2.05) is 0 Å². The first kappa shape index (κ1) is 17.7. The smallest absolute Gasteiger partial charge is 0.315 e. The predicted octanol–water partition coefficient (Wildman–Crippen LogP) is -1.40. The summed E-state index contributed by atoms with van der Waals surface area (Å²) in [5.74, 6) is 0.791. The summed E-state index contributed by atoms with van der Waals surface area (Å²) in [6.45, 7) is 1.63. The quantitative estimate of drug-likeness (QED) is 0.274. The van der Waals surface area contributed by atoms with Gasteiger partial charge < -0.3 is 31.3 Å². The van der Waals surface area contributed by atoms with E-state index in [9.17, 15) is 14.4 Å². The van der Waals surface area contributed by atoms with Crippen LogP contribution in [0.15, 0.2) is 0 Å². The predicted molar refractivity (Wildman–Crippen MR) is 86.4 cm³/mol. The van der Waals surface area contributed by atoms with Gasteiger partial charge in [-0.05, 0) is 0 Å². The maximum atomic E-state index is 11.9. The Bertz CT molecular complexity index is 450. The summed E-state index contributed by atoms with van der Waals surface area (Å²) in [5, 5.41) is 13.7. The number of urea groups is 2. The highest BCUT2D eigenvalue weighted by Crippen LogP contribution is 2.31. The number of thioether (sulfide) groups is 1. The molecule has 2 rings (SSSR count). The van der Waals surface area contributed by atoms with Crippen molar-refractivity contribution in [2.45, 2.75) is 23.8 Å². The number of carbonyl (C=O) groups excluding carboxylic acids is 3. The number of fused-ring (bicyclic) bond motifs is 1. The lowest BCUT2D eigenvalue weighted by atomic mass is 10.1. The second-order valence-electron chi connectivity index (χ2n) is 5.29. The van der Waals surface area contributed by atoms with Crippen molar-refractivity contribution in [2.75, 3.05) is 39.1 Å². The number of hydrogen-bond donors (Lipinski definition) is 5. The number of rotatable bonds is 8. The molecule has 5 N–H and O–H groups in total. The van der Waals surface area contributed by atoms with Crippen molar-refractivity contribution in [3.63, 3.8) is 0 Å². The molecule has 10 heteroatoms. The molecule has 2 aliphatic rings. The molecule has 2 aliphatic heterocycles. The molecule has 5 amide bonds. The van der Waals surface area contributed by atoms with Gasteiger partial charge in [-0.2, -0.15) is 11.8 Å². The summed E-state index contributed by atoms with van der Waals surface area (Å²) in [7, 11) is 1.55. The Morgan fingerprint density at radius 3 is 2.74 bits per heavy atom. The maximum absolute atomic E-state index is 11.9. The van der Waals surface area contributed by atoms with Crippen LogP contribution in [0, 0.1) is 0 Å². The molecule has 0 aliphatic carbocycles. The Kier molecular flexibility index (Phi) is 6.78. The Morgan fingerprint density at radius 1 is 1.26 bits per heavy atom. The molecule has 2 heterocycles. The molecule has 0 aromatic heterocycles. The summed E-state index contributed by atoms with van der Waals surface area (Å²) < 4.78 is 5.30. The van der Waals surface area contributed by atoms with Crippen LogP contribution in [0.25, 0.3) is 0 Å². The zero-order valence-corrected chi connectivity index (χ0v) is 13.8. The van der Waals surface area contributed by atoms with Gasteiger partial charge in [0, 0.05) is 37.6 Å². The van der Waals surface area contributed by atoms with Gasteiger partial charge >= 0.3 is 12.1 Å². The summed E-state index contributed by atoms with van der Waals surface area (Å²) >= 11 is 1.70. The Balaban J connectivity index is 1.51. The number of nitrogens with one attached hydrogen (secondary N) is 5. The van der Waals surface area contributed by atoms with E-state index >= 15 is 0 Å². The zero-order valence-electron chi connectivity index (χ0n) is 13.0. The van der Waals surface area contributed by atoms with E-state index in [2.05, 4.69) is 26.6 Å². The van der Waals surface area contributed by atoms with E-state index in [1.54, 1.807) is 18.8 Å². The van der Waals surface area contributed by atoms with Crippen LogP contribution < -0.4 is 26.6 Å². The molecule has 0 aromatic rings. The lowest BCUT2D eigenvalue weighted by Gasteiger charge is -2.16. The number of ether oxygens (including phenoxy) is 1. The van der Waals surface area contributed by atoms with Crippen LogP contribution in [-0.4, -0.2) is 74.4 Å². The number of amides is 5. The fourth-order valence-corrected chi connectivity index (χ4v) is 3.99. The van der Waals surface area contributed by atoms with E-state index < -0.39 is 0 Å². The molecule has 130 valence electrons. The minimum absolute atomic E-state index is 0.0327. The lowest BCUT2D eigenvalue weighted by molar-refractivity contribution is -0.121. The van der Waals surface area contributed by atoms with Crippen LogP contribution in [-0.2, 0) is 9.53 Å². The first-order chi connectivity index (χ1) is 11.1. The molecule has 23 heavy (non-hydrogen) atoms. The summed E-state index contributed by atoms with van der Waals surface area (Å²) in [4.78, 5) is 34.1. The normalized spacial score (nSPS) is 25.3. The highest BCUT2D eigenvalue weighted by molar-refractivity contribution is 8.00. The molecule has 0 spiro atoms. The molecule has 0 bridgehead atoms. The molecular weight excluding hydrogens is 322 g/mol. The van der Waals surface area contributed by atoms with Crippen molar-refractivity contribution in [2.24, 2.45) is 0 Å². The highest BCUT2D eigenvalue weighted by atomic mass is 32.2. The van der Waals surface area contributed by atoms with Crippen molar-refractivity contribution in [1.29, 1.82) is 0 Å². The molecule has 3 atom stereocenters. The number of carbonyl (C=O) groups is 3. The standard InChI is InChI=1S/C13H23N5O4S/c1-14-12(20)16-3-5-22-4-2-15-10(19)6-9-11-8(7-23-9)17-13(21)18-11/h8-9,11H,2-7H2,1H3,(H,15,19)(H2,14,16,20)(H2,17,18,21)/t8-,9?,11-/m0/s1. The second-order valence-corrected chi connectivity index (χ2v) is 6.57. The van der Waals surface area contributed by atoms with Crippen LogP contribution in [0.2, 0.25) is 0 Å². The molecule has 2 saturated heterocycles. The monoisotopic (exact) mass is 345 g/mol. The lowest BCUT2D eigenvalue weighted by Crippen LogP contribution is -2.40. The minimum Gasteiger partial charge on any atom is -0.378 e. The van der Waals surface area contributed by atoms with Crippen LogP contribution >= 0.6 is 11.8 Å². The first-order valence-corrected chi connectivity index (χ1v) is 8.63. The van der Waals surface area contributed by atoms with Crippen LogP contribution in [0.3, 0.4) is 0 Å². The highest BCUT2D eigenvalue weighted by Gasteiger charge is 2.43.